The van der Waals surface area contributed by atoms with Gasteiger partial charge in [-0.25, -0.2) is 0 Å². The molecule has 2 atom stereocenters. The van der Waals surface area contributed by atoms with Crippen molar-refractivity contribution in [3.63, 3.8) is 0 Å². The molecule has 0 bridgehead atoms. The molecule has 2 aromatic rings. The van der Waals surface area contributed by atoms with Crippen molar-refractivity contribution in [1.82, 2.24) is 0 Å². The molecule has 0 spiro atoms. The summed E-state index contributed by atoms with van der Waals surface area (Å²) in [7, 11) is 0. The number of rotatable bonds is 5. The van der Waals surface area contributed by atoms with Crippen LogP contribution in [0.15, 0.2) is 59.7 Å². The Bertz CT molecular complexity index is 871. The molecule has 134 valence electrons. The van der Waals surface area contributed by atoms with Crippen molar-refractivity contribution in [3.05, 3.63) is 75.3 Å². The van der Waals surface area contributed by atoms with Gasteiger partial charge in [-0.3, -0.25) is 14.9 Å². The van der Waals surface area contributed by atoms with Gasteiger partial charge in [-0.2, -0.15) is 10.1 Å². The first kappa shape index (κ1) is 18.4. The topological polar surface area (TPSA) is 75.8 Å². The third-order valence-corrected chi connectivity index (χ3v) is 5.32. The van der Waals surface area contributed by atoms with Crippen LogP contribution in [0.3, 0.4) is 0 Å². The summed E-state index contributed by atoms with van der Waals surface area (Å²) in [5, 5.41) is 17.2. The molecule has 3 rings (SSSR count). The molecule has 6 nitrogen and oxygen atoms in total. The maximum Gasteiger partial charge on any atom is 0.275 e. The molecule has 0 aliphatic carbocycles. The van der Waals surface area contributed by atoms with Crippen molar-refractivity contribution in [2.45, 2.75) is 17.7 Å². The molecular formula is C18H15Cl2N3O3. The normalized spacial score (nSPS) is 20.8. The summed E-state index contributed by atoms with van der Waals surface area (Å²) in [6.07, 6.45) is 0. The molecule has 1 aliphatic heterocycles. The summed E-state index contributed by atoms with van der Waals surface area (Å²) in [6, 6.07) is 15.3. The fourth-order valence-electron chi connectivity index (χ4n) is 3.03. The molecule has 0 aromatic heterocycles. The molecule has 0 N–H and O–H groups in total. The molecule has 26 heavy (non-hydrogen) atoms. The average Bonchev–Trinajstić information content (AvgIpc) is 2.86. The summed E-state index contributed by atoms with van der Waals surface area (Å²) < 4.78 is 0. The lowest BCUT2D eigenvalue weighted by Crippen LogP contribution is -2.48. The van der Waals surface area contributed by atoms with Gasteiger partial charge in [0.15, 0.2) is 4.87 Å². The molecular weight excluding hydrogens is 377 g/mol. The summed E-state index contributed by atoms with van der Waals surface area (Å²) >= 11 is 12.7. The van der Waals surface area contributed by atoms with Crippen LogP contribution in [0.1, 0.15) is 18.4 Å². The molecule has 1 amide bonds. The quantitative estimate of drug-likeness (QED) is 0.437. The second kappa shape index (κ2) is 7.05. The Hall–Kier alpha value is -2.44. The Labute approximate surface area is 160 Å². The van der Waals surface area contributed by atoms with Crippen molar-refractivity contribution in [3.8, 4) is 0 Å². The van der Waals surface area contributed by atoms with Crippen LogP contribution in [0, 0.1) is 10.1 Å². The number of nitrogens with zero attached hydrogens (tertiary/aromatic N) is 3. The number of alkyl halides is 1. The Morgan fingerprint density at radius 2 is 1.81 bits per heavy atom. The SMILES string of the molecule is CC1=NN(c2ccccc2)C(=O)C1(Cl)C(C[N+](=O)[O-])c1ccc(Cl)cc1. The number of benzene rings is 2. The standard InChI is InChI=1S/C18H15Cl2N3O3/c1-12-18(20,17(24)23(21-12)15-5-3-2-4-6-15)16(11-22(25)26)13-7-9-14(19)10-8-13/h2-10,16H,11H2,1H3. The molecule has 2 unspecified atom stereocenters. The van der Waals surface area contributed by atoms with Gasteiger partial charge in [0.1, 0.15) is 0 Å². The Morgan fingerprint density at radius 1 is 1.19 bits per heavy atom. The van der Waals surface area contributed by atoms with Gasteiger partial charge in [-0.1, -0.05) is 41.9 Å². The summed E-state index contributed by atoms with van der Waals surface area (Å²) in [6.45, 7) is 1.10. The molecule has 0 fully saturated rings. The van der Waals surface area contributed by atoms with Crippen molar-refractivity contribution >= 4 is 40.5 Å². The van der Waals surface area contributed by atoms with Gasteiger partial charge < -0.3 is 0 Å². The van der Waals surface area contributed by atoms with E-state index >= 15 is 0 Å². The van der Waals surface area contributed by atoms with E-state index in [4.69, 9.17) is 23.2 Å². The van der Waals surface area contributed by atoms with Gasteiger partial charge >= 0.3 is 0 Å². The van der Waals surface area contributed by atoms with E-state index in [0.29, 0.717) is 22.0 Å². The van der Waals surface area contributed by atoms with Gasteiger partial charge in [-0.05, 0) is 36.8 Å². The number of carbonyl (C=O) groups is 1. The minimum absolute atomic E-state index is 0.315. The highest BCUT2D eigenvalue weighted by atomic mass is 35.5. The van der Waals surface area contributed by atoms with E-state index in [1.165, 1.54) is 5.01 Å². The van der Waals surface area contributed by atoms with Gasteiger partial charge in [0.05, 0.1) is 17.3 Å². The van der Waals surface area contributed by atoms with E-state index in [2.05, 4.69) is 5.10 Å². The van der Waals surface area contributed by atoms with Gasteiger partial charge in [-0.15, -0.1) is 11.6 Å². The van der Waals surface area contributed by atoms with Crippen LogP contribution >= 0.6 is 23.2 Å². The summed E-state index contributed by atoms with van der Waals surface area (Å²) in [5.41, 5.74) is 1.42. The highest BCUT2D eigenvalue weighted by Crippen LogP contribution is 2.42. The van der Waals surface area contributed by atoms with Crippen molar-refractivity contribution in [2.75, 3.05) is 11.6 Å². The predicted octanol–water partition coefficient (Wildman–Crippen LogP) is 4.10. The molecule has 8 heteroatoms. The number of nitro groups is 1. The number of halogens is 2. The zero-order chi connectivity index (χ0) is 18.9. The first-order valence-corrected chi connectivity index (χ1v) is 8.61. The second-order valence-corrected chi connectivity index (χ2v) is 7.00. The lowest BCUT2D eigenvalue weighted by molar-refractivity contribution is -0.483. The number of hydrazone groups is 1. The number of amides is 1. The fraction of sp³-hybridized carbons (Fsp3) is 0.222. The molecule has 1 aliphatic rings. The van der Waals surface area contributed by atoms with Crippen molar-refractivity contribution in [1.29, 1.82) is 0 Å². The van der Waals surface area contributed by atoms with E-state index in [0.717, 1.165) is 0 Å². The predicted molar refractivity (Wildman–Crippen MR) is 102 cm³/mol. The highest BCUT2D eigenvalue weighted by molar-refractivity contribution is 6.51. The molecule has 2 aromatic carbocycles. The molecule has 0 saturated heterocycles. The number of para-hydroxylation sites is 1. The van der Waals surface area contributed by atoms with Crippen molar-refractivity contribution < 1.29 is 9.72 Å². The number of hydrogen-bond acceptors (Lipinski definition) is 4. The van der Waals surface area contributed by atoms with Gasteiger partial charge in [0.25, 0.3) is 5.91 Å². The second-order valence-electron chi connectivity index (χ2n) is 5.97. The molecule has 1 heterocycles. The van der Waals surface area contributed by atoms with E-state index in [9.17, 15) is 14.9 Å². The first-order valence-electron chi connectivity index (χ1n) is 7.85. The van der Waals surface area contributed by atoms with Crippen LogP contribution in [0.2, 0.25) is 5.02 Å². The van der Waals surface area contributed by atoms with Crippen LogP contribution < -0.4 is 5.01 Å². The monoisotopic (exact) mass is 391 g/mol. The highest BCUT2D eigenvalue weighted by Gasteiger charge is 2.56. The molecule has 0 saturated carbocycles. The minimum Gasteiger partial charge on any atom is -0.270 e. The van der Waals surface area contributed by atoms with Crippen LogP contribution in [-0.2, 0) is 4.79 Å². The largest absolute Gasteiger partial charge is 0.275 e. The Kier molecular flexibility index (Phi) is 4.98. The van der Waals surface area contributed by atoms with Crippen LogP contribution in [0.25, 0.3) is 0 Å². The third-order valence-electron chi connectivity index (χ3n) is 4.37. The Balaban J connectivity index is 2.05. The molecule has 0 radical (unpaired) electrons. The maximum absolute atomic E-state index is 13.1. The zero-order valence-corrected chi connectivity index (χ0v) is 15.3. The zero-order valence-electron chi connectivity index (χ0n) is 13.8. The Morgan fingerprint density at radius 3 is 2.38 bits per heavy atom. The van der Waals surface area contributed by atoms with Crippen molar-refractivity contribution in [2.24, 2.45) is 5.10 Å². The maximum atomic E-state index is 13.1. The van der Waals surface area contributed by atoms with Gasteiger partial charge in [0, 0.05) is 9.95 Å². The number of anilines is 1. The van der Waals surface area contributed by atoms with Crippen LogP contribution in [0.4, 0.5) is 5.69 Å². The lowest BCUT2D eigenvalue weighted by atomic mass is 9.82. The lowest BCUT2D eigenvalue weighted by Gasteiger charge is -2.28. The van der Waals surface area contributed by atoms with E-state index in [-0.39, 0.29) is 0 Å². The fourth-order valence-corrected chi connectivity index (χ4v) is 3.47. The summed E-state index contributed by atoms with van der Waals surface area (Å²) in [5.74, 6) is -1.40. The minimum atomic E-state index is -1.64. The number of hydrogen-bond donors (Lipinski definition) is 0. The van der Waals surface area contributed by atoms with Gasteiger partial charge in [0.2, 0.25) is 6.54 Å². The smallest absolute Gasteiger partial charge is 0.270 e. The van der Waals surface area contributed by atoms with E-state index < -0.39 is 28.2 Å². The number of carbonyl (C=O) groups excluding carboxylic acids is 1. The van der Waals surface area contributed by atoms with E-state index in [1.807, 2.05) is 6.07 Å². The van der Waals surface area contributed by atoms with Crippen LogP contribution in [-0.4, -0.2) is 28.0 Å². The summed E-state index contributed by atoms with van der Waals surface area (Å²) in [4.78, 5) is 22.3. The third kappa shape index (κ3) is 3.18. The van der Waals surface area contributed by atoms with E-state index in [1.54, 1.807) is 55.5 Å². The average molecular weight is 392 g/mol. The van der Waals surface area contributed by atoms with Crippen LogP contribution in [0.5, 0.6) is 0 Å². The first-order chi connectivity index (χ1) is 12.3.